The van der Waals surface area contributed by atoms with Crippen LogP contribution in [-0.2, 0) is 23.2 Å². The van der Waals surface area contributed by atoms with E-state index >= 15 is 0 Å². The highest BCUT2D eigenvalue weighted by Gasteiger charge is 2.35. The van der Waals surface area contributed by atoms with Crippen LogP contribution in [0.4, 0.5) is 18.9 Å². The van der Waals surface area contributed by atoms with Gasteiger partial charge in [0.05, 0.1) is 17.8 Å². The number of anilines is 1. The minimum Gasteiger partial charge on any atom is -0.492 e. The number of sulfonamides is 1. The fraction of sp³-hybridized carbons (Fsp3) is 0.273. The van der Waals surface area contributed by atoms with E-state index in [2.05, 4.69) is 25.3 Å². The first-order valence-corrected chi connectivity index (χ1v) is 12.2. The van der Waals surface area contributed by atoms with E-state index in [1.165, 1.54) is 41.3 Å². The monoisotopic (exact) mass is 524 g/mol. The van der Waals surface area contributed by atoms with Gasteiger partial charge in [-0.3, -0.25) is 14.5 Å². The van der Waals surface area contributed by atoms with Crippen LogP contribution in [0.5, 0.6) is 5.75 Å². The van der Waals surface area contributed by atoms with Crippen molar-refractivity contribution >= 4 is 26.6 Å². The molecule has 0 saturated heterocycles. The van der Waals surface area contributed by atoms with Crippen LogP contribution in [0.2, 0.25) is 0 Å². The van der Waals surface area contributed by atoms with Gasteiger partial charge in [0, 0.05) is 43.5 Å². The van der Waals surface area contributed by atoms with Crippen molar-refractivity contribution in [3.05, 3.63) is 66.1 Å². The van der Waals surface area contributed by atoms with Crippen LogP contribution >= 0.6 is 0 Å². The lowest BCUT2D eigenvalue weighted by molar-refractivity contribution is -0.139. The number of nitrogens with one attached hydrogen (secondary N) is 3. The minimum atomic E-state index is -4.55. The molecule has 2 aromatic carbocycles. The average molecular weight is 525 g/mol. The Bertz CT molecular complexity index is 1450. The van der Waals surface area contributed by atoms with Crippen LogP contribution in [0.3, 0.4) is 0 Å². The Morgan fingerprint density at radius 1 is 1.22 bits per heavy atom. The average Bonchev–Trinajstić information content (AvgIpc) is 3.45. The SMILES string of the molecule is Cn1cc(S(=O)(=O)Nc2cccc([C@@H](O)CNCCOc3ccc4c(C(F)(F)F)n[nH]c4c3)c2)cn1. The standard InChI is InChI=1S/C22H23F3N6O4S/c1-31-13-17(11-27-31)36(33,34)30-15-4-2-3-14(9-15)20(32)12-26-7-8-35-16-5-6-18-19(10-16)28-29-21(18)22(23,24)25/h2-6,9-11,13,20,26,30,32H,7-8,12H2,1H3,(H,28,29)/t20-/m0/s1. The first-order chi connectivity index (χ1) is 17.0. The topological polar surface area (TPSA) is 134 Å². The molecule has 0 saturated carbocycles. The van der Waals surface area contributed by atoms with Gasteiger partial charge in [0.25, 0.3) is 10.0 Å². The van der Waals surface area contributed by atoms with Gasteiger partial charge in [-0.05, 0) is 29.8 Å². The Hall–Kier alpha value is -3.62. The van der Waals surface area contributed by atoms with Gasteiger partial charge in [0.15, 0.2) is 5.69 Å². The summed E-state index contributed by atoms with van der Waals surface area (Å²) in [4.78, 5) is 0.0186. The van der Waals surface area contributed by atoms with E-state index in [1.807, 2.05) is 0 Å². The van der Waals surface area contributed by atoms with E-state index in [1.54, 1.807) is 25.2 Å². The zero-order valence-corrected chi connectivity index (χ0v) is 19.8. The van der Waals surface area contributed by atoms with E-state index in [4.69, 9.17) is 4.74 Å². The van der Waals surface area contributed by atoms with E-state index in [-0.39, 0.29) is 29.0 Å². The molecule has 0 radical (unpaired) electrons. The number of H-pyrrole nitrogens is 1. The zero-order chi connectivity index (χ0) is 25.9. The molecule has 2 heterocycles. The van der Waals surface area contributed by atoms with Gasteiger partial charge in [-0.2, -0.15) is 23.4 Å². The Labute approximate surface area is 204 Å². The first kappa shape index (κ1) is 25.5. The minimum absolute atomic E-state index is 0.0186. The molecular weight excluding hydrogens is 501 g/mol. The third kappa shape index (κ3) is 5.95. The normalized spacial score (nSPS) is 13.1. The number of ether oxygens (including phenoxy) is 1. The van der Waals surface area contributed by atoms with Crippen LogP contribution in [0.1, 0.15) is 17.4 Å². The van der Waals surface area contributed by atoms with Gasteiger partial charge >= 0.3 is 6.18 Å². The van der Waals surface area contributed by atoms with Crippen molar-refractivity contribution in [1.82, 2.24) is 25.3 Å². The predicted molar refractivity (Wildman–Crippen MR) is 125 cm³/mol. The number of fused-ring (bicyclic) bond motifs is 1. The lowest BCUT2D eigenvalue weighted by atomic mass is 10.1. The molecule has 0 unspecified atom stereocenters. The molecule has 192 valence electrons. The van der Waals surface area contributed by atoms with E-state index in [0.29, 0.717) is 23.5 Å². The summed E-state index contributed by atoms with van der Waals surface area (Å²) in [5.74, 6) is 0.371. The summed E-state index contributed by atoms with van der Waals surface area (Å²) in [5.41, 5.74) is 0.0254. The van der Waals surface area contributed by atoms with Crippen molar-refractivity contribution < 1.29 is 31.4 Å². The Kier molecular flexibility index (Phi) is 7.19. The number of aliphatic hydroxyl groups excluding tert-OH is 1. The second-order valence-corrected chi connectivity index (χ2v) is 9.61. The molecule has 0 bridgehead atoms. The van der Waals surface area contributed by atoms with Crippen LogP contribution in [-0.4, -0.2) is 53.2 Å². The molecule has 0 aliphatic rings. The molecule has 0 spiro atoms. The molecule has 0 amide bonds. The Morgan fingerprint density at radius 2 is 2.03 bits per heavy atom. The second kappa shape index (κ2) is 10.2. The largest absolute Gasteiger partial charge is 0.492 e. The molecule has 4 N–H and O–H groups in total. The molecule has 14 heteroatoms. The quantitative estimate of drug-likeness (QED) is 0.234. The number of aromatic nitrogens is 4. The van der Waals surface area contributed by atoms with E-state index in [0.717, 1.165) is 0 Å². The fourth-order valence-corrected chi connectivity index (χ4v) is 4.50. The van der Waals surface area contributed by atoms with Crippen LogP contribution in [0, 0.1) is 0 Å². The molecule has 36 heavy (non-hydrogen) atoms. The Morgan fingerprint density at radius 3 is 2.75 bits per heavy atom. The van der Waals surface area contributed by atoms with Crippen molar-refractivity contribution in [2.45, 2.75) is 17.2 Å². The zero-order valence-electron chi connectivity index (χ0n) is 19.0. The molecule has 0 fully saturated rings. The van der Waals surface area contributed by atoms with Crippen molar-refractivity contribution in [3.8, 4) is 5.75 Å². The summed E-state index contributed by atoms with van der Waals surface area (Å²) in [6, 6.07) is 10.6. The van der Waals surface area contributed by atoms with Gasteiger partial charge in [-0.1, -0.05) is 12.1 Å². The summed E-state index contributed by atoms with van der Waals surface area (Å²) in [6.45, 7) is 0.708. The highest BCUT2D eigenvalue weighted by atomic mass is 32.2. The maximum absolute atomic E-state index is 12.9. The fourth-order valence-electron chi connectivity index (χ4n) is 3.46. The van der Waals surface area contributed by atoms with Gasteiger partial charge in [0.1, 0.15) is 17.3 Å². The number of aliphatic hydroxyl groups is 1. The second-order valence-electron chi connectivity index (χ2n) is 7.93. The van der Waals surface area contributed by atoms with Crippen LogP contribution in [0.15, 0.2) is 59.8 Å². The number of alkyl halides is 3. The summed E-state index contributed by atoms with van der Waals surface area (Å²) < 4.78 is 73.1. The maximum Gasteiger partial charge on any atom is 0.435 e. The van der Waals surface area contributed by atoms with Crippen LogP contribution < -0.4 is 14.8 Å². The highest BCUT2D eigenvalue weighted by molar-refractivity contribution is 7.92. The summed E-state index contributed by atoms with van der Waals surface area (Å²) in [5, 5.41) is 23.0. The molecule has 0 aliphatic carbocycles. The number of aromatic amines is 1. The molecule has 4 rings (SSSR count). The van der Waals surface area contributed by atoms with Crippen molar-refractivity contribution in [3.63, 3.8) is 0 Å². The number of aryl methyl sites for hydroxylation is 1. The molecule has 2 aromatic heterocycles. The van der Waals surface area contributed by atoms with Gasteiger partial charge in [-0.15, -0.1) is 0 Å². The molecule has 4 aromatic rings. The highest BCUT2D eigenvalue weighted by Crippen LogP contribution is 2.34. The number of hydrogen-bond acceptors (Lipinski definition) is 7. The van der Waals surface area contributed by atoms with Crippen molar-refractivity contribution in [1.29, 1.82) is 0 Å². The van der Waals surface area contributed by atoms with Crippen molar-refractivity contribution in [2.75, 3.05) is 24.4 Å². The van der Waals surface area contributed by atoms with Gasteiger partial charge < -0.3 is 15.2 Å². The lowest BCUT2D eigenvalue weighted by Gasteiger charge is -2.14. The molecular formula is C22H23F3N6O4S. The molecule has 0 aliphatic heterocycles. The third-order valence-corrected chi connectivity index (χ3v) is 6.54. The molecule has 10 nitrogen and oxygen atoms in total. The Balaban J connectivity index is 1.26. The van der Waals surface area contributed by atoms with Gasteiger partial charge in [-0.25, -0.2) is 8.42 Å². The number of halogens is 3. The van der Waals surface area contributed by atoms with Crippen molar-refractivity contribution in [2.24, 2.45) is 7.05 Å². The van der Waals surface area contributed by atoms with Gasteiger partial charge in [0.2, 0.25) is 0 Å². The maximum atomic E-state index is 12.9. The first-order valence-electron chi connectivity index (χ1n) is 10.7. The summed E-state index contributed by atoms with van der Waals surface area (Å²) in [6.07, 6.45) is -2.86. The number of rotatable bonds is 10. The summed E-state index contributed by atoms with van der Waals surface area (Å²) in [7, 11) is -2.20. The number of benzene rings is 2. The summed E-state index contributed by atoms with van der Waals surface area (Å²) >= 11 is 0. The van der Waals surface area contributed by atoms with E-state index < -0.39 is 28.0 Å². The molecule has 1 atom stereocenters. The third-order valence-electron chi connectivity index (χ3n) is 5.20. The van der Waals surface area contributed by atoms with E-state index in [9.17, 15) is 26.7 Å². The van der Waals surface area contributed by atoms with Crippen LogP contribution in [0.25, 0.3) is 10.9 Å². The predicted octanol–water partition coefficient (Wildman–Crippen LogP) is 2.82. The number of nitrogens with zero attached hydrogens (tertiary/aromatic N) is 3. The number of hydrogen-bond donors (Lipinski definition) is 4. The lowest BCUT2D eigenvalue weighted by Crippen LogP contribution is -2.26. The smallest absolute Gasteiger partial charge is 0.435 e.